The maximum Gasteiger partial charge on any atom is 0.358 e. The molecule has 0 saturated carbocycles. The second-order valence-corrected chi connectivity index (χ2v) is 4.93. The molecule has 0 bridgehead atoms. The minimum Gasteiger partial charge on any atom is -0.380 e. The highest BCUT2D eigenvalue weighted by Gasteiger charge is 2.31. The molecule has 5 heteroatoms. The molecule has 0 aliphatic carbocycles. The van der Waals surface area contributed by atoms with Crippen LogP contribution in [0.15, 0.2) is 0 Å². The largest absolute Gasteiger partial charge is 0.380 e. The molecule has 4 nitrogen and oxygen atoms in total. The maximum absolute atomic E-state index is 11.5. The highest BCUT2D eigenvalue weighted by Crippen LogP contribution is 2.51. The van der Waals surface area contributed by atoms with E-state index in [0.29, 0.717) is 6.42 Å². The minimum atomic E-state index is -3.25. The Morgan fingerprint density at radius 1 is 1.42 bits per heavy atom. The molecule has 0 radical (unpaired) electrons. The van der Waals surface area contributed by atoms with Crippen molar-refractivity contribution in [1.82, 2.24) is 0 Å². The van der Waals surface area contributed by atoms with E-state index in [1.807, 2.05) is 6.92 Å². The van der Waals surface area contributed by atoms with Gasteiger partial charge in [-0.3, -0.25) is 4.57 Å². The predicted octanol–water partition coefficient (Wildman–Crippen LogP) is 1.98. The molecule has 1 N–H and O–H groups in total. The van der Waals surface area contributed by atoms with E-state index in [2.05, 4.69) is 9.05 Å². The lowest BCUT2D eigenvalue weighted by molar-refractivity contribution is 0.166. The minimum absolute atomic E-state index is 0.454. The van der Waals surface area contributed by atoms with Gasteiger partial charge in [-0.25, -0.2) is 0 Å². The molecule has 0 aromatic heterocycles. The van der Waals surface area contributed by atoms with E-state index in [-0.39, 0.29) is 0 Å². The fraction of sp³-hybridized carbons (Fsp3) is 1.00. The second-order valence-electron chi connectivity index (χ2n) is 2.53. The predicted molar refractivity (Wildman–Crippen MR) is 47.2 cm³/mol. The summed E-state index contributed by atoms with van der Waals surface area (Å²) in [6, 6.07) is 0. The normalized spacial score (nSPS) is 14.7. The van der Waals surface area contributed by atoms with Gasteiger partial charge in [0.2, 0.25) is 0 Å². The van der Waals surface area contributed by atoms with Crippen LogP contribution in [0.5, 0.6) is 0 Å². The molecule has 0 rings (SSSR count). The lowest BCUT2D eigenvalue weighted by Gasteiger charge is -2.19. The molecule has 1 atom stereocenters. The van der Waals surface area contributed by atoms with Gasteiger partial charge < -0.3 is 14.2 Å². The molecule has 0 aromatic carbocycles. The lowest BCUT2D eigenvalue weighted by atomic mass is 10.3. The first-order valence-corrected chi connectivity index (χ1v) is 5.61. The summed E-state index contributed by atoms with van der Waals surface area (Å²) in [6.45, 7) is 2.00. The number of aliphatic hydroxyl groups is 1. The third-order valence-electron chi connectivity index (χ3n) is 1.69. The summed E-state index contributed by atoms with van der Waals surface area (Å²) in [5.41, 5.74) is 0. The topological polar surface area (TPSA) is 55.8 Å². The Morgan fingerprint density at radius 3 is 2.25 bits per heavy atom. The first-order valence-electron chi connectivity index (χ1n) is 4.00. The summed E-state index contributed by atoms with van der Waals surface area (Å²) in [5.74, 6) is -0.993. The monoisotopic (exact) mass is 196 g/mol. The van der Waals surface area contributed by atoms with E-state index in [1.54, 1.807) is 0 Å². The Morgan fingerprint density at radius 2 is 1.92 bits per heavy atom. The van der Waals surface area contributed by atoms with Gasteiger partial charge >= 0.3 is 7.60 Å². The summed E-state index contributed by atoms with van der Waals surface area (Å²) in [4.78, 5) is 0. The quantitative estimate of drug-likeness (QED) is 0.660. The van der Waals surface area contributed by atoms with Crippen molar-refractivity contribution in [2.24, 2.45) is 0 Å². The molecule has 0 aromatic rings. The van der Waals surface area contributed by atoms with Crippen LogP contribution in [0, 0.1) is 0 Å². The number of aliphatic hydroxyl groups excluding tert-OH is 1. The van der Waals surface area contributed by atoms with Gasteiger partial charge in [-0.15, -0.1) is 0 Å². The number of hydrogen-bond donors (Lipinski definition) is 1. The van der Waals surface area contributed by atoms with Crippen molar-refractivity contribution in [3.8, 4) is 0 Å². The van der Waals surface area contributed by atoms with E-state index in [1.165, 1.54) is 14.2 Å². The number of unbranched alkanes of at least 4 members (excludes halogenated alkanes) is 1. The fourth-order valence-corrected chi connectivity index (χ4v) is 2.00. The highest BCUT2D eigenvalue weighted by atomic mass is 31.2. The molecule has 12 heavy (non-hydrogen) atoms. The second kappa shape index (κ2) is 5.70. The van der Waals surface area contributed by atoms with Gasteiger partial charge in [-0.2, -0.15) is 0 Å². The molecule has 0 unspecified atom stereocenters. The van der Waals surface area contributed by atoms with Crippen LogP contribution in [0.1, 0.15) is 26.2 Å². The molecule has 0 aliphatic heterocycles. The SMILES string of the molecule is CCCC[C@@H](O)P(=O)(OC)OC. The Balaban J connectivity index is 4.03. The zero-order valence-corrected chi connectivity index (χ0v) is 8.71. The molecular formula is C7H17O4P. The van der Waals surface area contributed by atoms with Crippen LogP contribution in [0.2, 0.25) is 0 Å². The average molecular weight is 196 g/mol. The molecule has 0 amide bonds. The standard InChI is InChI=1S/C7H17O4P/c1-4-5-6-7(8)12(9,10-2)11-3/h7-8H,4-6H2,1-3H3/t7-/m0/s1. The first-order chi connectivity index (χ1) is 5.60. The zero-order valence-electron chi connectivity index (χ0n) is 7.82. The van der Waals surface area contributed by atoms with Crippen LogP contribution in [0.3, 0.4) is 0 Å². The maximum atomic E-state index is 11.5. The van der Waals surface area contributed by atoms with Crippen LogP contribution < -0.4 is 0 Å². The van der Waals surface area contributed by atoms with E-state index >= 15 is 0 Å². The van der Waals surface area contributed by atoms with Gasteiger partial charge in [0.25, 0.3) is 0 Å². The molecule has 0 spiro atoms. The van der Waals surface area contributed by atoms with Gasteiger partial charge in [0.05, 0.1) is 0 Å². The van der Waals surface area contributed by atoms with Crippen molar-refractivity contribution >= 4 is 7.60 Å². The summed E-state index contributed by atoms with van der Waals surface area (Å²) < 4.78 is 20.7. The third-order valence-corrected chi connectivity index (χ3v) is 3.70. The van der Waals surface area contributed by atoms with E-state index < -0.39 is 13.4 Å². The average Bonchev–Trinajstić information content (AvgIpc) is 2.12. The van der Waals surface area contributed by atoms with Gasteiger partial charge in [0, 0.05) is 14.2 Å². The molecule has 0 fully saturated rings. The van der Waals surface area contributed by atoms with Crippen molar-refractivity contribution in [3.63, 3.8) is 0 Å². The molecule has 0 aliphatic rings. The highest BCUT2D eigenvalue weighted by molar-refractivity contribution is 7.54. The molecule has 74 valence electrons. The van der Waals surface area contributed by atoms with Crippen LogP contribution in [-0.4, -0.2) is 25.2 Å². The van der Waals surface area contributed by atoms with Crippen LogP contribution in [-0.2, 0) is 13.6 Å². The Kier molecular flexibility index (Phi) is 5.76. The van der Waals surface area contributed by atoms with E-state index in [4.69, 9.17) is 0 Å². The van der Waals surface area contributed by atoms with Gasteiger partial charge in [-0.05, 0) is 6.42 Å². The summed E-state index contributed by atoms with van der Waals surface area (Å²) >= 11 is 0. The van der Waals surface area contributed by atoms with Crippen molar-refractivity contribution < 1.29 is 18.7 Å². The van der Waals surface area contributed by atoms with Crippen LogP contribution in [0.4, 0.5) is 0 Å². The van der Waals surface area contributed by atoms with Gasteiger partial charge in [-0.1, -0.05) is 19.8 Å². The fourth-order valence-electron chi connectivity index (χ4n) is 0.863. The van der Waals surface area contributed by atoms with Crippen molar-refractivity contribution in [3.05, 3.63) is 0 Å². The molecule has 0 heterocycles. The summed E-state index contributed by atoms with van der Waals surface area (Å²) in [6.07, 6.45) is 2.22. The van der Waals surface area contributed by atoms with Gasteiger partial charge in [0.1, 0.15) is 0 Å². The zero-order chi connectivity index (χ0) is 9.61. The summed E-state index contributed by atoms with van der Waals surface area (Å²) in [7, 11) is -0.692. The Bertz CT molecular complexity index is 151. The van der Waals surface area contributed by atoms with Crippen LogP contribution in [0.25, 0.3) is 0 Å². The van der Waals surface area contributed by atoms with E-state index in [0.717, 1.165) is 12.8 Å². The third kappa shape index (κ3) is 3.23. The Labute approximate surface area is 73.4 Å². The first kappa shape index (κ1) is 12.1. The smallest absolute Gasteiger partial charge is 0.358 e. The molecule has 0 saturated heterocycles. The number of hydrogen-bond acceptors (Lipinski definition) is 4. The summed E-state index contributed by atoms with van der Waals surface area (Å²) in [5, 5.41) is 9.39. The van der Waals surface area contributed by atoms with Crippen molar-refractivity contribution in [1.29, 1.82) is 0 Å². The van der Waals surface area contributed by atoms with Gasteiger partial charge in [0.15, 0.2) is 5.85 Å². The van der Waals surface area contributed by atoms with Crippen molar-refractivity contribution in [2.75, 3.05) is 14.2 Å². The lowest BCUT2D eigenvalue weighted by Crippen LogP contribution is -2.09. The molecular weight excluding hydrogens is 179 g/mol. The van der Waals surface area contributed by atoms with Crippen molar-refractivity contribution in [2.45, 2.75) is 32.0 Å². The van der Waals surface area contributed by atoms with Crippen LogP contribution >= 0.6 is 7.60 Å². The Hall–Kier alpha value is 0.110. The van der Waals surface area contributed by atoms with E-state index in [9.17, 15) is 9.67 Å². The number of rotatable bonds is 6.